The lowest BCUT2D eigenvalue weighted by molar-refractivity contribution is -0.143. The number of aromatic nitrogens is 2. The predicted molar refractivity (Wildman–Crippen MR) is 109 cm³/mol. The molecular formula is C21H18ClF3N4O2. The number of alkyl halides is 3. The Morgan fingerprint density at radius 3 is 2.13 bits per heavy atom. The molecule has 3 rings (SSSR count). The highest BCUT2D eigenvalue weighted by Crippen LogP contribution is 2.33. The first-order valence-corrected chi connectivity index (χ1v) is 9.59. The van der Waals surface area contributed by atoms with Crippen molar-refractivity contribution in [1.29, 1.82) is 0 Å². The maximum atomic E-state index is 13.7. The second-order valence-electron chi connectivity index (χ2n) is 6.64. The van der Waals surface area contributed by atoms with E-state index in [2.05, 4.69) is 15.7 Å². The SMILES string of the molecule is Cc1ccc(-n2ncc(C(=O)NCCNC(=O)c3ccccc3Cl)c2C(F)(F)F)cc1. The molecule has 2 aromatic carbocycles. The molecular weight excluding hydrogens is 433 g/mol. The van der Waals surface area contributed by atoms with E-state index in [0.717, 1.165) is 11.8 Å². The van der Waals surface area contributed by atoms with Gasteiger partial charge in [0.2, 0.25) is 0 Å². The van der Waals surface area contributed by atoms with Gasteiger partial charge in [0.25, 0.3) is 11.8 Å². The Morgan fingerprint density at radius 1 is 0.968 bits per heavy atom. The van der Waals surface area contributed by atoms with E-state index >= 15 is 0 Å². The molecule has 2 amide bonds. The van der Waals surface area contributed by atoms with E-state index in [1.54, 1.807) is 37.3 Å². The molecule has 3 aromatic rings. The monoisotopic (exact) mass is 450 g/mol. The molecule has 0 saturated heterocycles. The van der Waals surface area contributed by atoms with Crippen molar-refractivity contribution in [3.8, 4) is 5.69 Å². The molecule has 0 radical (unpaired) electrons. The third kappa shape index (κ3) is 5.24. The zero-order chi connectivity index (χ0) is 22.6. The summed E-state index contributed by atoms with van der Waals surface area (Å²) in [6.07, 6.45) is -3.92. The van der Waals surface area contributed by atoms with Gasteiger partial charge in [-0.25, -0.2) is 4.68 Å². The number of carbonyl (C=O) groups is 2. The van der Waals surface area contributed by atoms with Gasteiger partial charge in [-0.2, -0.15) is 18.3 Å². The number of aryl methyl sites for hydroxylation is 1. The molecule has 0 bridgehead atoms. The van der Waals surface area contributed by atoms with Crippen molar-refractivity contribution in [2.45, 2.75) is 13.1 Å². The van der Waals surface area contributed by atoms with Crippen molar-refractivity contribution in [2.24, 2.45) is 0 Å². The van der Waals surface area contributed by atoms with Gasteiger partial charge in [-0.05, 0) is 31.2 Å². The van der Waals surface area contributed by atoms with E-state index in [-0.39, 0.29) is 29.4 Å². The Hall–Kier alpha value is -3.33. The van der Waals surface area contributed by atoms with Crippen LogP contribution in [0.2, 0.25) is 5.02 Å². The van der Waals surface area contributed by atoms with Gasteiger partial charge in [0.1, 0.15) is 0 Å². The molecule has 0 atom stereocenters. The Balaban J connectivity index is 1.68. The first-order chi connectivity index (χ1) is 14.7. The van der Waals surface area contributed by atoms with Crippen LogP contribution in [0.4, 0.5) is 13.2 Å². The quantitative estimate of drug-likeness (QED) is 0.557. The van der Waals surface area contributed by atoms with Crippen molar-refractivity contribution in [2.75, 3.05) is 13.1 Å². The van der Waals surface area contributed by atoms with Gasteiger partial charge < -0.3 is 10.6 Å². The molecule has 2 N–H and O–H groups in total. The molecule has 0 aliphatic rings. The average Bonchev–Trinajstić information content (AvgIpc) is 3.17. The molecule has 162 valence electrons. The summed E-state index contributed by atoms with van der Waals surface area (Å²) in [7, 11) is 0. The van der Waals surface area contributed by atoms with Crippen LogP contribution in [-0.4, -0.2) is 34.7 Å². The number of rotatable bonds is 6. The summed E-state index contributed by atoms with van der Waals surface area (Å²) in [6, 6.07) is 12.7. The van der Waals surface area contributed by atoms with Crippen molar-refractivity contribution in [3.05, 3.63) is 82.1 Å². The lowest BCUT2D eigenvalue weighted by Crippen LogP contribution is -2.35. The second-order valence-corrected chi connectivity index (χ2v) is 7.05. The maximum absolute atomic E-state index is 13.7. The van der Waals surface area contributed by atoms with E-state index in [0.29, 0.717) is 4.68 Å². The van der Waals surface area contributed by atoms with Crippen LogP contribution in [0.25, 0.3) is 5.69 Å². The minimum atomic E-state index is -4.80. The van der Waals surface area contributed by atoms with E-state index in [4.69, 9.17) is 11.6 Å². The summed E-state index contributed by atoms with van der Waals surface area (Å²) in [6.45, 7) is 1.73. The van der Waals surface area contributed by atoms with Crippen molar-refractivity contribution in [1.82, 2.24) is 20.4 Å². The fourth-order valence-corrected chi connectivity index (χ4v) is 3.08. The van der Waals surface area contributed by atoms with Crippen LogP contribution in [0.3, 0.4) is 0 Å². The van der Waals surface area contributed by atoms with E-state index in [1.807, 2.05) is 0 Å². The number of halogens is 4. The Bertz CT molecular complexity index is 1090. The third-order valence-corrected chi connectivity index (χ3v) is 4.71. The molecule has 0 fully saturated rings. The van der Waals surface area contributed by atoms with Crippen molar-refractivity contribution < 1.29 is 22.8 Å². The minimum absolute atomic E-state index is 0.00322. The fraction of sp³-hybridized carbons (Fsp3) is 0.190. The molecule has 0 spiro atoms. The lowest BCUT2D eigenvalue weighted by atomic mass is 10.2. The zero-order valence-electron chi connectivity index (χ0n) is 16.3. The topological polar surface area (TPSA) is 76.0 Å². The Morgan fingerprint density at radius 2 is 1.55 bits per heavy atom. The highest BCUT2D eigenvalue weighted by Gasteiger charge is 2.40. The summed E-state index contributed by atoms with van der Waals surface area (Å²) in [5.41, 5.74) is -0.459. The number of nitrogens with zero attached hydrogens (tertiary/aromatic N) is 2. The summed E-state index contributed by atoms with van der Waals surface area (Å²) in [4.78, 5) is 24.5. The summed E-state index contributed by atoms with van der Waals surface area (Å²) < 4.78 is 41.7. The zero-order valence-corrected chi connectivity index (χ0v) is 17.1. The molecule has 31 heavy (non-hydrogen) atoms. The van der Waals surface area contributed by atoms with Crippen LogP contribution in [0.15, 0.2) is 54.7 Å². The largest absolute Gasteiger partial charge is 0.434 e. The van der Waals surface area contributed by atoms with Gasteiger partial charge in [0.15, 0.2) is 5.69 Å². The number of amides is 2. The summed E-state index contributed by atoms with van der Waals surface area (Å²) in [5, 5.41) is 8.94. The smallest absolute Gasteiger partial charge is 0.350 e. The highest BCUT2D eigenvalue weighted by molar-refractivity contribution is 6.33. The maximum Gasteiger partial charge on any atom is 0.434 e. The normalized spacial score (nSPS) is 11.3. The summed E-state index contributed by atoms with van der Waals surface area (Å²) >= 11 is 5.94. The van der Waals surface area contributed by atoms with Crippen LogP contribution in [0.1, 0.15) is 32.0 Å². The van der Waals surface area contributed by atoms with Gasteiger partial charge in [0.05, 0.1) is 28.0 Å². The molecule has 0 aliphatic heterocycles. The number of hydrogen-bond donors (Lipinski definition) is 2. The average molecular weight is 451 g/mol. The van der Waals surface area contributed by atoms with Crippen LogP contribution in [0, 0.1) is 6.92 Å². The number of hydrogen-bond acceptors (Lipinski definition) is 3. The first kappa shape index (κ1) is 22.4. The van der Waals surface area contributed by atoms with E-state index < -0.39 is 29.2 Å². The number of nitrogens with one attached hydrogen (secondary N) is 2. The standard InChI is InChI=1S/C21H18ClF3N4O2/c1-13-6-8-14(9-7-13)29-18(21(23,24)25)16(12-28-29)20(31)27-11-10-26-19(30)15-4-2-3-5-17(15)22/h2-9,12H,10-11H2,1H3,(H,26,30)(H,27,31). The van der Waals surface area contributed by atoms with Gasteiger partial charge in [-0.15, -0.1) is 0 Å². The van der Waals surface area contributed by atoms with Crippen LogP contribution >= 0.6 is 11.6 Å². The van der Waals surface area contributed by atoms with Gasteiger partial charge in [-0.1, -0.05) is 41.4 Å². The Labute approximate surface area is 181 Å². The number of benzene rings is 2. The predicted octanol–water partition coefficient (Wildman–Crippen LogP) is 4.01. The molecule has 0 unspecified atom stereocenters. The van der Waals surface area contributed by atoms with Crippen LogP contribution < -0.4 is 10.6 Å². The van der Waals surface area contributed by atoms with Crippen LogP contribution in [-0.2, 0) is 6.18 Å². The highest BCUT2D eigenvalue weighted by atomic mass is 35.5. The van der Waals surface area contributed by atoms with E-state index in [1.165, 1.54) is 18.2 Å². The molecule has 0 saturated carbocycles. The fourth-order valence-electron chi connectivity index (χ4n) is 2.86. The molecule has 10 heteroatoms. The summed E-state index contributed by atoms with van der Waals surface area (Å²) in [5.74, 6) is -1.40. The van der Waals surface area contributed by atoms with Gasteiger partial charge in [0, 0.05) is 13.1 Å². The number of carbonyl (C=O) groups excluding carboxylic acids is 2. The Kier molecular flexibility index (Phi) is 6.65. The second kappa shape index (κ2) is 9.22. The molecule has 0 aliphatic carbocycles. The molecule has 1 aromatic heterocycles. The molecule has 1 heterocycles. The minimum Gasteiger partial charge on any atom is -0.350 e. The van der Waals surface area contributed by atoms with Crippen molar-refractivity contribution >= 4 is 23.4 Å². The van der Waals surface area contributed by atoms with Crippen LogP contribution in [0.5, 0.6) is 0 Å². The van der Waals surface area contributed by atoms with E-state index in [9.17, 15) is 22.8 Å². The van der Waals surface area contributed by atoms with Crippen molar-refractivity contribution in [3.63, 3.8) is 0 Å². The van der Waals surface area contributed by atoms with Gasteiger partial charge in [-0.3, -0.25) is 9.59 Å². The first-order valence-electron chi connectivity index (χ1n) is 9.21. The van der Waals surface area contributed by atoms with Gasteiger partial charge >= 0.3 is 6.18 Å². The third-order valence-electron chi connectivity index (χ3n) is 4.38. The molecule has 6 nitrogen and oxygen atoms in total. The lowest BCUT2D eigenvalue weighted by Gasteiger charge is -2.13.